The van der Waals surface area contributed by atoms with Crippen LogP contribution in [0.2, 0.25) is 0 Å². The third kappa shape index (κ3) is 2.64. The van der Waals surface area contributed by atoms with E-state index in [1.165, 1.54) is 12.1 Å². The monoisotopic (exact) mass is 283 g/mol. The normalized spacial score (nSPS) is 11.8. The summed E-state index contributed by atoms with van der Waals surface area (Å²) in [4.78, 5) is 4.48. The van der Waals surface area contributed by atoms with E-state index in [2.05, 4.69) is 11.1 Å². The van der Waals surface area contributed by atoms with Gasteiger partial charge < -0.3 is 0 Å². The lowest BCUT2D eigenvalue weighted by molar-refractivity contribution is 0.0175. The molecule has 3 aromatic rings. The Labute approximate surface area is 122 Å². The summed E-state index contributed by atoms with van der Waals surface area (Å²) in [7, 11) is 0. The molecule has 3 rings (SSSR count). The summed E-state index contributed by atoms with van der Waals surface area (Å²) in [6.45, 7) is 2.90. The molecular formula is C18H15F2N. The molecule has 0 unspecified atom stereocenters. The molecule has 3 heteroatoms. The van der Waals surface area contributed by atoms with Crippen LogP contribution in [0.5, 0.6) is 0 Å². The van der Waals surface area contributed by atoms with Gasteiger partial charge in [0.2, 0.25) is 0 Å². The first-order valence-corrected chi connectivity index (χ1v) is 6.79. The summed E-state index contributed by atoms with van der Waals surface area (Å²) in [5.41, 5.74) is 3.86. The zero-order valence-electron chi connectivity index (χ0n) is 11.9. The Morgan fingerprint density at radius 1 is 1.00 bits per heavy atom. The molecule has 21 heavy (non-hydrogen) atoms. The van der Waals surface area contributed by atoms with Crippen LogP contribution in [-0.4, -0.2) is 4.98 Å². The van der Waals surface area contributed by atoms with E-state index in [0.717, 1.165) is 34.5 Å². The zero-order valence-corrected chi connectivity index (χ0v) is 11.9. The highest BCUT2D eigenvalue weighted by atomic mass is 19.3. The van der Waals surface area contributed by atoms with Crippen LogP contribution >= 0.6 is 0 Å². The molecule has 0 saturated carbocycles. The van der Waals surface area contributed by atoms with Crippen molar-refractivity contribution >= 4 is 10.9 Å². The number of pyridine rings is 1. The second-order valence-electron chi connectivity index (χ2n) is 5.36. The number of hydrogen-bond acceptors (Lipinski definition) is 1. The fourth-order valence-electron chi connectivity index (χ4n) is 2.45. The number of para-hydroxylation sites is 1. The first kappa shape index (κ1) is 13.7. The first-order chi connectivity index (χ1) is 9.95. The summed E-state index contributed by atoms with van der Waals surface area (Å²) in [5.74, 6) is -2.81. The maximum absolute atomic E-state index is 13.3. The van der Waals surface area contributed by atoms with Crippen molar-refractivity contribution in [3.8, 4) is 11.1 Å². The van der Waals surface area contributed by atoms with Gasteiger partial charge in [0.05, 0.1) is 5.52 Å². The molecule has 0 saturated heterocycles. The highest BCUT2D eigenvalue weighted by Crippen LogP contribution is 2.31. The maximum atomic E-state index is 13.3. The third-order valence-corrected chi connectivity index (χ3v) is 3.55. The van der Waals surface area contributed by atoms with Gasteiger partial charge in [-0.15, -0.1) is 0 Å². The van der Waals surface area contributed by atoms with Crippen molar-refractivity contribution in [3.63, 3.8) is 0 Å². The van der Waals surface area contributed by atoms with Crippen LogP contribution in [0, 0.1) is 6.92 Å². The molecule has 0 amide bonds. The highest BCUT2D eigenvalue weighted by molar-refractivity contribution is 5.93. The minimum Gasteiger partial charge on any atom is -0.255 e. The lowest BCUT2D eigenvalue weighted by atomic mass is 9.99. The van der Waals surface area contributed by atoms with Gasteiger partial charge in [-0.1, -0.05) is 42.5 Å². The Balaban J connectivity index is 2.12. The second-order valence-corrected chi connectivity index (χ2v) is 5.36. The predicted octanol–water partition coefficient (Wildman–Crippen LogP) is 5.32. The van der Waals surface area contributed by atoms with Gasteiger partial charge in [-0.05, 0) is 24.1 Å². The molecule has 0 aliphatic carbocycles. The average molecular weight is 283 g/mol. The van der Waals surface area contributed by atoms with Crippen LogP contribution in [0.4, 0.5) is 8.78 Å². The van der Waals surface area contributed by atoms with Crippen molar-refractivity contribution in [2.75, 3.05) is 0 Å². The van der Waals surface area contributed by atoms with Crippen LogP contribution in [0.15, 0.2) is 54.7 Å². The van der Waals surface area contributed by atoms with E-state index in [1.54, 1.807) is 12.1 Å². The summed E-state index contributed by atoms with van der Waals surface area (Å²) in [5, 5.41) is 1.05. The minimum atomic E-state index is -2.81. The Hall–Kier alpha value is -2.29. The summed E-state index contributed by atoms with van der Waals surface area (Å²) < 4.78 is 26.5. The molecule has 1 aromatic heterocycles. The SMILES string of the molecule is Cc1cnc2c(-c3ccc(C(C)(F)F)cc3)cccc2c1. The molecule has 0 aliphatic rings. The lowest BCUT2D eigenvalue weighted by Crippen LogP contribution is -2.06. The van der Waals surface area contributed by atoms with Crippen LogP contribution in [-0.2, 0) is 5.92 Å². The number of fused-ring (bicyclic) bond motifs is 1. The van der Waals surface area contributed by atoms with Crippen LogP contribution in [0.25, 0.3) is 22.0 Å². The molecule has 0 N–H and O–H groups in total. The molecular weight excluding hydrogens is 268 g/mol. The van der Waals surface area contributed by atoms with Gasteiger partial charge in [0.1, 0.15) is 0 Å². The standard InChI is InChI=1S/C18H15F2N/c1-12-10-14-4-3-5-16(17(14)21-11-12)13-6-8-15(9-7-13)18(2,19)20/h3-11H,1-2H3. The Morgan fingerprint density at radius 3 is 2.38 bits per heavy atom. The van der Waals surface area contributed by atoms with Crippen LogP contribution in [0.1, 0.15) is 18.1 Å². The van der Waals surface area contributed by atoms with Gasteiger partial charge in [-0.2, -0.15) is 0 Å². The van der Waals surface area contributed by atoms with Crippen molar-refractivity contribution in [2.24, 2.45) is 0 Å². The number of aryl methyl sites for hydroxylation is 1. The largest absolute Gasteiger partial charge is 0.270 e. The van der Waals surface area contributed by atoms with Crippen molar-refractivity contribution in [1.29, 1.82) is 0 Å². The Kier molecular flexibility index (Phi) is 3.20. The van der Waals surface area contributed by atoms with Crippen LogP contribution < -0.4 is 0 Å². The Bertz CT molecular complexity index is 786. The predicted molar refractivity (Wildman–Crippen MR) is 81.5 cm³/mol. The zero-order chi connectivity index (χ0) is 15.0. The van der Waals surface area contributed by atoms with Gasteiger partial charge >= 0.3 is 0 Å². The van der Waals surface area contributed by atoms with Gasteiger partial charge in [-0.3, -0.25) is 4.98 Å². The van der Waals surface area contributed by atoms with Gasteiger partial charge in [0.15, 0.2) is 0 Å². The van der Waals surface area contributed by atoms with Crippen LogP contribution in [0.3, 0.4) is 0 Å². The van der Waals surface area contributed by atoms with E-state index < -0.39 is 5.92 Å². The lowest BCUT2D eigenvalue weighted by Gasteiger charge is -2.12. The summed E-state index contributed by atoms with van der Waals surface area (Å²) in [6.07, 6.45) is 1.82. The van der Waals surface area contributed by atoms with E-state index in [-0.39, 0.29) is 5.56 Å². The van der Waals surface area contributed by atoms with E-state index in [1.807, 2.05) is 31.3 Å². The van der Waals surface area contributed by atoms with E-state index in [4.69, 9.17) is 0 Å². The molecule has 0 spiro atoms. The van der Waals surface area contributed by atoms with Gasteiger partial charge in [0.25, 0.3) is 5.92 Å². The number of alkyl halides is 2. The molecule has 0 fully saturated rings. The third-order valence-electron chi connectivity index (χ3n) is 3.55. The fourth-order valence-corrected chi connectivity index (χ4v) is 2.45. The number of nitrogens with zero attached hydrogens (tertiary/aromatic N) is 1. The number of hydrogen-bond donors (Lipinski definition) is 0. The highest BCUT2D eigenvalue weighted by Gasteiger charge is 2.23. The number of aromatic nitrogens is 1. The maximum Gasteiger partial charge on any atom is 0.270 e. The van der Waals surface area contributed by atoms with Gasteiger partial charge in [-0.25, -0.2) is 8.78 Å². The summed E-state index contributed by atoms with van der Waals surface area (Å²) in [6, 6.07) is 14.4. The molecule has 0 radical (unpaired) electrons. The molecule has 0 aliphatic heterocycles. The molecule has 0 atom stereocenters. The molecule has 2 aromatic carbocycles. The average Bonchev–Trinajstić information content (AvgIpc) is 2.45. The Morgan fingerprint density at radius 2 is 1.71 bits per heavy atom. The summed E-state index contributed by atoms with van der Waals surface area (Å²) >= 11 is 0. The van der Waals surface area contributed by atoms with Crippen molar-refractivity contribution in [2.45, 2.75) is 19.8 Å². The number of benzene rings is 2. The van der Waals surface area contributed by atoms with Crippen molar-refractivity contribution in [3.05, 3.63) is 65.9 Å². The van der Waals surface area contributed by atoms with E-state index in [0.29, 0.717) is 0 Å². The smallest absolute Gasteiger partial charge is 0.255 e. The van der Waals surface area contributed by atoms with Crippen molar-refractivity contribution < 1.29 is 8.78 Å². The second kappa shape index (κ2) is 4.92. The van der Waals surface area contributed by atoms with E-state index >= 15 is 0 Å². The topological polar surface area (TPSA) is 12.9 Å². The van der Waals surface area contributed by atoms with Crippen molar-refractivity contribution in [1.82, 2.24) is 4.98 Å². The van der Waals surface area contributed by atoms with Gasteiger partial charge in [0, 0.05) is 29.6 Å². The first-order valence-electron chi connectivity index (χ1n) is 6.79. The minimum absolute atomic E-state index is 0.0234. The molecule has 106 valence electrons. The fraction of sp³-hybridized carbons (Fsp3) is 0.167. The number of rotatable bonds is 2. The quantitative estimate of drug-likeness (QED) is 0.620. The number of halogens is 2. The molecule has 1 heterocycles. The van der Waals surface area contributed by atoms with E-state index in [9.17, 15) is 8.78 Å². The molecule has 0 bridgehead atoms. The molecule has 1 nitrogen and oxygen atoms in total.